The summed E-state index contributed by atoms with van der Waals surface area (Å²) in [6.07, 6.45) is 3.98. The Morgan fingerprint density at radius 2 is 2.00 bits per heavy atom. The Morgan fingerprint density at radius 1 is 1.16 bits per heavy atom. The summed E-state index contributed by atoms with van der Waals surface area (Å²) in [6.45, 7) is 5.70. The molecule has 1 heterocycles. The van der Waals surface area contributed by atoms with Gasteiger partial charge in [-0.15, -0.1) is 0 Å². The van der Waals surface area contributed by atoms with E-state index < -0.39 is 0 Å². The third kappa shape index (κ3) is 2.71. The summed E-state index contributed by atoms with van der Waals surface area (Å²) < 4.78 is 11.3. The lowest BCUT2D eigenvalue weighted by Crippen LogP contribution is -2.24. The van der Waals surface area contributed by atoms with Crippen molar-refractivity contribution in [2.45, 2.75) is 32.1 Å². The predicted octanol–water partition coefficient (Wildman–Crippen LogP) is 2.95. The molecular formula is C16H23NO2. The Kier molecular flexibility index (Phi) is 3.92. The molecule has 2 aliphatic rings. The Morgan fingerprint density at radius 3 is 2.84 bits per heavy atom. The molecule has 104 valence electrons. The highest BCUT2D eigenvalue weighted by molar-refractivity contribution is 5.45. The Hall–Kier alpha value is -1.22. The quantitative estimate of drug-likeness (QED) is 0.904. The van der Waals surface area contributed by atoms with E-state index in [1.54, 1.807) is 0 Å². The smallest absolute Gasteiger partial charge is 0.161 e. The maximum Gasteiger partial charge on any atom is 0.161 e. The average molecular weight is 261 g/mol. The molecule has 1 aliphatic heterocycles. The molecule has 0 amide bonds. The SMILES string of the molecule is CCNCC1CCCC1c1ccc2c(c1)OCCO2. The molecule has 3 rings (SSSR count). The van der Waals surface area contributed by atoms with Crippen molar-refractivity contribution in [1.82, 2.24) is 5.32 Å². The highest BCUT2D eigenvalue weighted by atomic mass is 16.6. The second-order valence-electron chi connectivity index (χ2n) is 5.51. The molecule has 2 atom stereocenters. The summed E-state index contributed by atoms with van der Waals surface area (Å²) in [6, 6.07) is 6.50. The fourth-order valence-corrected chi connectivity index (χ4v) is 3.34. The maximum atomic E-state index is 5.70. The molecular weight excluding hydrogens is 238 g/mol. The van der Waals surface area contributed by atoms with Crippen LogP contribution in [-0.4, -0.2) is 26.3 Å². The fraction of sp³-hybridized carbons (Fsp3) is 0.625. The molecule has 1 fully saturated rings. The van der Waals surface area contributed by atoms with Crippen molar-refractivity contribution in [3.8, 4) is 11.5 Å². The molecule has 1 aromatic rings. The largest absolute Gasteiger partial charge is 0.486 e. The first-order valence-corrected chi connectivity index (χ1v) is 7.48. The van der Waals surface area contributed by atoms with E-state index in [0.29, 0.717) is 19.1 Å². The van der Waals surface area contributed by atoms with E-state index in [9.17, 15) is 0 Å². The molecule has 0 spiro atoms. The molecule has 0 radical (unpaired) electrons. The van der Waals surface area contributed by atoms with Gasteiger partial charge in [0, 0.05) is 0 Å². The summed E-state index contributed by atoms with van der Waals surface area (Å²) >= 11 is 0. The highest BCUT2D eigenvalue weighted by Gasteiger charge is 2.29. The van der Waals surface area contributed by atoms with Crippen molar-refractivity contribution in [3.63, 3.8) is 0 Å². The van der Waals surface area contributed by atoms with Gasteiger partial charge in [-0.1, -0.05) is 19.4 Å². The minimum absolute atomic E-state index is 0.665. The summed E-state index contributed by atoms with van der Waals surface area (Å²) in [7, 11) is 0. The van der Waals surface area contributed by atoms with Crippen molar-refractivity contribution in [2.75, 3.05) is 26.3 Å². The van der Waals surface area contributed by atoms with E-state index in [2.05, 4.69) is 30.4 Å². The average Bonchev–Trinajstić information content (AvgIpc) is 2.93. The van der Waals surface area contributed by atoms with Crippen LogP contribution in [0.3, 0.4) is 0 Å². The Bertz CT molecular complexity index is 433. The lowest BCUT2D eigenvalue weighted by molar-refractivity contribution is 0.171. The van der Waals surface area contributed by atoms with Gasteiger partial charge in [0.05, 0.1) is 0 Å². The molecule has 1 N–H and O–H groups in total. The second kappa shape index (κ2) is 5.83. The van der Waals surface area contributed by atoms with Gasteiger partial charge in [0.2, 0.25) is 0 Å². The van der Waals surface area contributed by atoms with Crippen LogP contribution in [0.5, 0.6) is 11.5 Å². The molecule has 1 aromatic carbocycles. The minimum Gasteiger partial charge on any atom is -0.486 e. The molecule has 0 aromatic heterocycles. The van der Waals surface area contributed by atoms with Gasteiger partial charge in [-0.25, -0.2) is 0 Å². The summed E-state index contributed by atoms with van der Waals surface area (Å²) in [5.41, 5.74) is 1.42. The van der Waals surface area contributed by atoms with E-state index in [4.69, 9.17) is 9.47 Å². The zero-order valence-electron chi connectivity index (χ0n) is 11.7. The van der Waals surface area contributed by atoms with Crippen molar-refractivity contribution in [2.24, 2.45) is 5.92 Å². The Balaban J connectivity index is 1.77. The second-order valence-corrected chi connectivity index (χ2v) is 5.51. The third-order valence-corrected chi connectivity index (χ3v) is 4.31. The zero-order chi connectivity index (χ0) is 13.1. The summed E-state index contributed by atoms with van der Waals surface area (Å²) in [5.74, 6) is 3.27. The molecule has 3 heteroatoms. The molecule has 0 saturated heterocycles. The maximum absolute atomic E-state index is 5.70. The van der Waals surface area contributed by atoms with Crippen molar-refractivity contribution in [3.05, 3.63) is 23.8 Å². The summed E-state index contributed by atoms with van der Waals surface area (Å²) in [5, 5.41) is 3.50. The van der Waals surface area contributed by atoms with Gasteiger partial charge in [-0.3, -0.25) is 0 Å². The van der Waals surface area contributed by atoms with Gasteiger partial charge in [-0.2, -0.15) is 0 Å². The normalized spacial score (nSPS) is 25.5. The monoisotopic (exact) mass is 261 g/mol. The fourth-order valence-electron chi connectivity index (χ4n) is 3.34. The number of ether oxygens (including phenoxy) is 2. The van der Waals surface area contributed by atoms with E-state index >= 15 is 0 Å². The zero-order valence-corrected chi connectivity index (χ0v) is 11.7. The van der Waals surface area contributed by atoms with Crippen LogP contribution in [0, 0.1) is 5.92 Å². The third-order valence-electron chi connectivity index (χ3n) is 4.31. The lowest BCUT2D eigenvalue weighted by atomic mass is 9.88. The Labute approximate surface area is 115 Å². The van der Waals surface area contributed by atoms with Gasteiger partial charge in [-0.05, 0) is 55.5 Å². The predicted molar refractivity (Wildman–Crippen MR) is 76.1 cm³/mol. The van der Waals surface area contributed by atoms with E-state index in [-0.39, 0.29) is 0 Å². The van der Waals surface area contributed by atoms with E-state index in [0.717, 1.165) is 30.5 Å². The summed E-state index contributed by atoms with van der Waals surface area (Å²) in [4.78, 5) is 0. The molecule has 0 bridgehead atoms. The number of benzene rings is 1. The number of nitrogens with one attached hydrogen (secondary N) is 1. The van der Waals surface area contributed by atoms with E-state index in [1.807, 2.05) is 0 Å². The van der Waals surface area contributed by atoms with Crippen molar-refractivity contribution < 1.29 is 9.47 Å². The van der Waals surface area contributed by atoms with Crippen molar-refractivity contribution >= 4 is 0 Å². The van der Waals surface area contributed by atoms with Crippen LogP contribution >= 0.6 is 0 Å². The highest BCUT2D eigenvalue weighted by Crippen LogP contribution is 2.42. The standard InChI is InChI=1S/C16H23NO2/c1-2-17-11-13-4-3-5-14(13)12-6-7-15-16(10-12)19-9-8-18-15/h6-7,10,13-14,17H,2-5,8-9,11H2,1H3. The number of hydrogen-bond acceptors (Lipinski definition) is 3. The first-order valence-electron chi connectivity index (χ1n) is 7.48. The van der Waals surface area contributed by atoms with Crippen molar-refractivity contribution in [1.29, 1.82) is 0 Å². The van der Waals surface area contributed by atoms with Gasteiger partial charge in [0.1, 0.15) is 13.2 Å². The van der Waals surface area contributed by atoms with Gasteiger partial charge < -0.3 is 14.8 Å². The van der Waals surface area contributed by atoms with Gasteiger partial charge >= 0.3 is 0 Å². The number of fused-ring (bicyclic) bond motifs is 1. The first kappa shape index (κ1) is 12.8. The van der Waals surface area contributed by atoms with Crippen LogP contribution in [0.1, 0.15) is 37.7 Å². The van der Waals surface area contributed by atoms with Gasteiger partial charge in [0.15, 0.2) is 11.5 Å². The van der Waals surface area contributed by atoms with Crippen LogP contribution in [0.2, 0.25) is 0 Å². The first-order chi connectivity index (χ1) is 9.38. The van der Waals surface area contributed by atoms with E-state index in [1.165, 1.54) is 24.8 Å². The topological polar surface area (TPSA) is 30.5 Å². The minimum atomic E-state index is 0.665. The van der Waals surface area contributed by atoms with Gasteiger partial charge in [0.25, 0.3) is 0 Å². The van der Waals surface area contributed by atoms with Crippen LogP contribution in [0.15, 0.2) is 18.2 Å². The van der Waals surface area contributed by atoms with Crippen LogP contribution in [0.25, 0.3) is 0 Å². The molecule has 3 nitrogen and oxygen atoms in total. The molecule has 1 aliphatic carbocycles. The molecule has 1 saturated carbocycles. The van der Waals surface area contributed by atoms with Crippen LogP contribution in [-0.2, 0) is 0 Å². The molecule has 19 heavy (non-hydrogen) atoms. The van der Waals surface area contributed by atoms with Crippen LogP contribution in [0.4, 0.5) is 0 Å². The van der Waals surface area contributed by atoms with Crippen LogP contribution < -0.4 is 14.8 Å². The lowest BCUT2D eigenvalue weighted by Gasteiger charge is -2.23. The number of hydrogen-bond donors (Lipinski definition) is 1. The number of rotatable bonds is 4. The molecule has 2 unspecified atom stereocenters.